The molecule has 1 saturated heterocycles. The van der Waals surface area contributed by atoms with Gasteiger partial charge in [0, 0.05) is 6.54 Å². The van der Waals surface area contributed by atoms with Gasteiger partial charge in [-0.3, -0.25) is 4.79 Å². The Morgan fingerprint density at radius 1 is 1.18 bits per heavy atom. The van der Waals surface area contributed by atoms with Crippen LogP contribution in [0.15, 0.2) is 34.9 Å². The molecule has 1 amide bonds. The molecule has 1 atom stereocenters. The Morgan fingerprint density at radius 3 is 2.68 bits per heavy atom. The van der Waals surface area contributed by atoms with Gasteiger partial charge in [-0.05, 0) is 37.1 Å². The minimum atomic E-state index is -0.998. The van der Waals surface area contributed by atoms with Crippen LogP contribution in [0, 0.1) is 0 Å². The van der Waals surface area contributed by atoms with E-state index >= 15 is 0 Å². The van der Waals surface area contributed by atoms with Gasteiger partial charge in [0.1, 0.15) is 10.6 Å². The lowest BCUT2D eigenvalue weighted by Crippen LogP contribution is -2.34. The molecule has 6 heteroatoms. The van der Waals surface area contributed by atoms with Crippen LogP contribution >= 0.6 is 11.3 Å². The molecule has 3 rings (SSSR count). The van der Waals surface area contributed by atoms with Crippen molar-refractivity contribution in [1.29, 1.82) is 0 Å². The van der Waals surface area contributed by atoms with Gasteiger partial charge in [-0.2, -0.15) is 0 Å². The van der Waals surface area contributed by atoms with Crippen molar-refractivity contribution in [2.75, 3.05) is 6.54 Å². The van der Waals surface area contributed by atoms with E-state index in [9.17, 15) is 9.59 Å². The minimum Gasteiger partial charge on any atom is -0.477 e. The van der Waals surface area contributed by atoms with Gasteiger partial charge in [-0.15, -0.1) is 11.3 Å². The Balaban J connectivity index is 1.88. The van der Waals surface area contributed by atoms with Crippen LogP contribution in [0.4, 0.5) is 0 Å². The maximum Gasteiger partial charge on any atom is 0.345 e. The maximum absolute atomic E-state index is 12.8. The summed E-state index contributed by atoms with van der Waals surface area (Å²) in [6.45, 7) is 0.671. The van der Waals surface area contributed by atoms with Crippen molar-refractivity contribution in [2.45, 2.75) is 31.7 Å². The standard InChI is InChI=1S/C16H17NO4S/c18-15(13-7-8-14(22-13)16(19)20)17-9-3-1-2-5-11(17)12-6-4-10-21-12/h4,6-8,10-11H,1-3,5,9H2,(H,19,20). The van der Waals surface area contributed by atoms with Crippen molar-refractivity contribution in [3.63, 3.8) is 0 Å². The number of furan rings is 1. The average Bonchev–Trinajstić information content (AvgIpc) is 3.14. The van der Waals surface area contributed by atoms with E-state index in [4.69, 9.17) is 9.52 Å². The Bertz CT molecular complexity index is 662. The molecule has 0 saturated carbocycles. The molecule has 0 bridgehead atoms. The van der Waals surface area contributed by atoms with E-state index in [1.165, 1.54) is 6.07 Å². The quantitative estimate of drug-likeness (QED) is 0.934. The monoisotopic (exact) mass is 319 g/mol. The number of thiophene rings is 1. The summed E-state index contributed by atoms with van der Waals surface area (Å²) >= 11 is 1.03. The fourth-order valence-electron chi connectivity index (χ4n) is 2.84. The van der Waals surface area contributed by atoms with Crippen molar-refractivity contribution in [3.05, 3.63) is 46.0 Å². The van der Waals surface area contributed by atoms with Gasteiger partial charge in [0.2, 0.25) is 0 Å². The Kier molecular flexibility index (Phi) is 4.29. The zero-order chi connectivity index (χ0) is 15.5. The van der Waals surface area contributed by atoms with E-state index in [-0.39, 0.29) is 16.8 Å². The summed E-state index contributed by atoms with van der Waals surface area (Å²) in [6, 6.07) is 6.74. The highest BCUT2D eigenvalue weighted by Gasteiger charge is 2.30. The van der Waals surface area contributed by atoms with Crippen molar-refractivity contribution >= 4 is 23.2 Å². The summed E-state index contributed by atoms with van der Waals surface area (Å²) in [4.78, 5) is 26.3. The molecule has 2 aromatic heterocycles. The highest BCUT2D eigenvalue weighted by molar-refractivity contribution is 7.15. The number of rotatable bonds is 3. The third kappa shape index (κ3) is 2.92. The molecule has 1 aliphatic rings. The second-order valence-electron chi connectivity index (χ2n) is 5.35. The number of carboxylic acids is 1. The predicted octanol–water partition coefficient (Wildman–Crippen LogP) is 3.80. The van der Waals surface area contributed by atoms with E-state index in [0.29, 0.717) is 11.4 Å². The third-order valence-corrected chi connectivity index (χ3v) is 4.97. The number of carbonyl (C=O) groups is 2. The number of likely N-dealkylation sites (tertiary alicyclic amines) is 1. The second-order valence-corrected chi connectivity index (χ2v) is 6.43. The van der Waals surface area contributed by atoms with Crippen LogP contribution in [-0.2, 0) is 0 Å². The molecule has 5 nitrogen and oxygen atoms in total. The lowest BCUT2D eigenvalue weighted by molar-refractivity contribution is 0.0662. The first-order valence-corrected chi connectivity index (χ1v) is 8.16. The Morgan fingerprint density at radius 2 is 2.00 bits per heavy atom. The number of nitrogens with zero attached hydrogens (tertiary/aromatic N) is 1. The van der Waals surface area contributed by atoms with Gasteiger partial charge in [0.15, 0.2) is 0 Å². The SMILES string of the molecule is O=C(O)c1ccc(C(=O)N2CCCCCC2c2ccco2)s1. The molecule has 22 heavy (non-hydrogen) atoms. The Labute approximate surface area is 132 Å². The summed E-state index contributed by atoms with van der Waals surface area (Å²) < 4.78 is 5.50. The molecule has 1 fully saturated rings. The summed E-state index contributed by atoms with van der Waals surface area (Å²) in [5, 5.41) is 9.01. The zero-order valence-corrected chi connectivity index (χ0v) is 12.8. The second kappa shape index (κ2) is 6.36. The zero-order valence-electron chi connectivity index (χ0n) is 12.0. The molecule has 1 aliphatic heterocycles. The van der Waals surface area contributed by atoms with E-state index in [2.05, 4.69) is 0 Å². The maximum atomic E-state index is 12.8. The molecular weight excluding hydrogens is 302 g/mol. The number of hydrogen-bond acceptors (Lipinski definition) is 4. The largest absolute Gasteiger partial charge is 0.477 e. The highest BCUT2D eigenvalue weighted by atomic mass is 32.1. The van der Waals surface area contributed by atoms with Crippen LogP contribution in [0.1, 0.15) is 56.8 Å². The smallest absolute Gasteiger partial charge is 0.345 e. The summed E-state index contributed by atoms with van der Waals surface area (Å²) in [5.41, 5.74) is 0. The molecule has 3 heterocycles. The van der Waals surface area contributed by atoms with Crippen molar-refractivity contribution < 1.29 is 19.1 Å². The predicted molar refractivity (Wildman–Crippen MR) is 82.2 cm³/mol. The number of carbonyl (C=O) groups excluding carboxylic acids is 1. The first kappa shape index (κ1) is 14.8. The summed E-state index contributed by atoms with van der Waals surface area (Å²) in [5.74, 6) is -0.312. The first-order chi connectivity index (χ1) is 10.7. The van der Waals surface area contributed by atoms with Crippen molar-refractivity contribution in [2.24, 2.45) is 0 Å². The van der Waals surface area contributed by atoms with Crippen LogP contribution in [-0.4, -0.2) is 28.4 Å². The lowest BCUT2D eigenvalue weighted by atomic mass is 10.1. The van der Waals surface area contributed by atoms with E-state index in [1.807, 2.05) is 17.0 Å². The van der Waals surface area contributed by atoms with Crippen molar-refractivity contribution in [1.82, 2.24) is 4.90 Å². The van der Waals surface area contributed by atoms with Crippen LogP contribution in [0.2, 0.25) is 0 Å². The first-order valence-electron chi connectivity index (χ1n) is 7.34. The normalized spacial score (nSPS) is 18.9. The van der Waals surface area contributed by atoms with Crippen LogP contribution in [0.5, 0.6) is 0 Å². The third-order valence-electron chi connectivity index (χ3n) is 3.91. The van der Waals surface area contributed by atoms with E-state index in [0.717, 1.165) is 42.8 Å². The van der Waals surface area contributed by atoms with Crippen LogP contribution in [0.3, 0.4) is 0 Å². The fraction of sp³-hybridized carbons (Fsp3) is 0.375. The fourth-order valence-corrected chi connectivity index (χ4v) is 3.64. The topological polar surface area (TPSA) is 70.8 Å². The molecule has 1 unspecified atom stereocenters. The van der Waals surface area contributed by atoms with Gasteiger partial charge in [0.25, 0.3) is 5.91 Å². The number of hydrogen-bond donors (Lipinski definition) is 1. The van der Waals surface area contributed by atoms with E-state index in [1.54, 1.807) is 12.3 Å². The summed E-state index contributed by atoms with van der Waals surface area (Å²) in [6.07, 6.45) is 5.60. The Hall–Kier alpha value is -2.08. The number of aromatic carboxylic acids is 1. The van der Waals surface area contributed by atoms with Crippen molar-refractivity contribution in [3.8, 4) is 0 Å². The summed E-state index contributed by atoms with van der Waals surface area (Å²) in [7, 11) is 0. The molecule has 2 aromatic rings. The van der Waals surface area contributed by atoms with Gasteiger partial charge in [-0.25, -0.2) is 4.79 Å². The van der Waals surface area contributed by atoms with E-state index < -0.39 is 5.97 Å². The highest BCUT2D eigenvalue weighted by Crippen LogP contribution is 2.32. The average molecular weight is 319 g/mol. The van der Waals surface area contributed by atoms with Gasteiger partial charge in [0.05, 0.1) is 17.2 Å². The molecule has 116 valence electrons. The van der Waals surface area contributed by atoms with Crippen LogP contribution in [0.25, 0.3) is 0 Å². The minimum absolute atomic E-state index is 0.0691. The number of amides is 1. The molecule has 0 spiro atoms. The molecular formula is C16H17NO4S. The molecule has 0 radical (unpaired) electrons. The van der Waals surface area contributed by atoms with Gasteiger partial charge in [-0.1, -0.05) is 12.8 Å². The number of carboxylic acid groups (broad SMARTS) is 1. The molecule has 0 aliphatic carbocycles. The van der Waals surface area contributed by atoms with Gasteiger partial charge < -0.3 is 14.4 Å². The lowest BCUT2D eigenvalue weighted by Gasteiger charge is -2.28. The van der Waals surface area contributed by atoms with Crippen LogP contribution < -0.4 is 0 Å². The molecule has 0 aromatic carbocycles. The van der Waals surface area contributed by atoms with Gasteiger partial charge >= 0.3 is 5.97 Å². The molecule has 1 N–H and O–H groups in total.